The minimum absolute atomic E-state index is 0.0320. The molecule has 0 saturated heterocycles. The maximum atomic E-state index is 14.0. The Morgan fingerprint density at radius 1 is 1.19 bits per heavy atom. The summed E-state index contributed by atoms with van der Waals surface area (Å²) in [6.07, 6.45) is -5.28. The van der Waals surface area contributed by atoms with Crippen molar-refractivity contribution in [1.29, 1.82) is 0 Å². The highest BCUT2D eigenvalue weighted by Crippen LogP contribution is 2.49. The van der Waals surface area contributed by atoms with Crippen molar-refractivity contribution in [2.45, 2.75) is 31.7 Å². The van der Waals surface area contributed by atoms with Gasteiger partial charge in [0.25, 0.3) is 5.60 Å². The molecule has 1 aliphatic rings. The standard InChI is InChI=1S/C21H19Cl2F3N2O3/c1-2-30-12-19(29)27-11-13-3-5-14(6-4-13)18-10-20(31-28-18,21(24,25)26)15-7-16(22)9-17(23)8-15/h3-9H,2,10-12H2,1H3,(H,27,29). The average molecular weight is 475 g/mol. The van der Waals surface area contributed by atoms with Gasteiger partial charge < -0.3 is 14.9 Å². The number of hydrogen-bond acceptors (Lipinski definition) is 4. The van der Waals surface area contributed by atoms with Crippen LogP contribution in [0, 0.1) is 0 Å². The number of alkyl halides is 3. The van der Waals surface area contributed by atoms with Crippen molar-refractivity contribution >= 4 is 34.8 Å². The second kappa shape index (κ2) is 9.46. The minimum atomic E-state index is -4.75. The van der Waals surface area contributed by atoms with Crippen LogP contribution in [-0.4, -0.2) is 31.0 Å². The van der Waals surface area contributed by atoms with Crippen molar-refractivity contribution in [3.8, 4) is 0 Å². The van der Waals surface area contributed by atoms with E-state index in [-0.39, 0.29) is 40.4 Å². The maximum Gasteiger partial charge on any atom is 0.435 e. The molecule has 166 valence electrons. The Labute approximate surface area is 187 Å². The molecule has 10 heteroatoms. The van der Waals surface area contributed by atoms with Crippen LogP contribution in [0.5, 0.6) is 0 Å². The first-order valence-corrected chi connectivity index (χ1v) is 10.1. The molecular formula is C21H19Cl2F3N2O3. The Hall–Kier alpha value is -2.29. The first kappa shape index (κ1) is 23.4. The van der Waals surface area contributed by atoms with Crippen molar-refractivity contribution in [3.05, 3.63) is 69.2 Å². The predicted molar refractivity (Wildman–Crippen MR) is 111 cm³/mol. The van der Waals surface area contributed by atoms with Gasteiger partial charge in [0.15, 0.2) is 0 Å². The van der Waals surface area contributed by atoms with Crippen molar-refractivity contribution < 1.29 is 27.5 Å². The number of nitrogens with zero attached hydrogens (tertiary/aromatic N) is 1. The van der Waals surface area contributed by atoms with E-state index < -0.39 is 18.2 Å². The molecule has 0 fully saturated rings. The molecule has 1 atom stereocenters. The number of carbonyl (C=O) groups is 1. The van der Waals surface area contributed by atoms with Crippen LogP contribution < -0.4 is 5.32 Å². The summed E-state index contributed by atoms with van der Waals surface area (Å²) in [5.41, 5.74) is -1.51. The zero-order valence-electron chi connectivity index (χ0n) is 16.4. The highest BCUT2D eigenvalue weighted by Gasteiger charge is 2.62. The SMILES string of the molecule is CCOCC(=O)NCc1ccc(C2=NOC(c3cc(Cl)cc(Cl)c3)(C(F)(F)F)C2)cc1. The van der Waals surface area contributed by atoms with Gasteiger partial charge >= 0.3 is 6.18 Å². The van der Waals surface area contributed by atoms with Gasteiger partial charge in [0, 0.05) is 35.2 Å². The molecule has 0 spiro atoms. The largest absolute Gasteiger partial charge is 0.435 e. The summed E-state index contributed by atoms with van der Waals surface area (Å²) in [7, 11) is 0. The lowest BCUT2D eigenvalue weighted by atomic mass is 9.86. The average Bonchev–Trinajstić information content (AvgIpc) is 3.17. The molecule has 0 saturated carbocycles. The van der Waals surface area contributed by atoms with E-state index in [9.17, 15) is 18.0 Å². The number of amides is 1. The summed E-state index contributed by atoms with van der Waals surface area (Å²) in [5, 5.41) is 6.56. The van der Waals surface area contributed by atoms with E-state index in [1.54, 1.807) is 31.2 Å². The van der Waals surface area contributed by atoms with Crippen LogP contribution in [0.25, 0.3) is 0 Å². The molecule has 1 N–H and O–H groups in total. The second-order valence-corrected chi connectivity index (χ2v) is 7.77. The normalized spacial score (nSPS) is 18.5. The van der Waals surface area contributed by atoms with Gasteiger partial charge in [0.1, 0.15) is 6.61 Å². The van der Waals surface area contributed by atoms with Gasteiger partial charge in [-0.2, -0.15) is 13.2 Å². The van der Waals surface area contributed by atoms with Gasteiger partial charge in [-0.25, -0.2) is 0 Å². The lowest BCUT2D eigenvalue weighted by Gasteiger charge is -2.29. The minimum Gasteiger partial charge on any atom is -0.374 e. The van der Waals surface area contributed by atoms with E-state index in [0.717, 1.165) is 5.56 Å². The fourth-order valence-corrected chi connectivity index (χ4v) is 3.63. The topological polar surface area (TPSA) is 59.9 Å². The number of nitrogens with one attached hydrogen (secondary N) is 1. The number of carbonyl (C=O) groups excluding carboxylic acids is 1. The first-order chi connectivity index (χ1) is 14.6. The fraction of sp³-hybridized carbons (Fsp3) is 0.333. The van der Waals surface area contributed by atoms with Crippen LogP contribution in [-0.2, 0) is 26.5 Å². The third-order valence-electron chi connectivity index (χ3n) is 4.73. The van der Waals surface area contributed by atoms with E-state index in [2.05, 4.69) is 10.5 Å². The second-order valence-electron chi connectivity index (χ2n) is 6.90. The first-order valence-electron chi connectivity index (χ1n) is 9.36. The number of halogens is 5. The summed E-state index contributed by atoms with van der Waals surface area (Å²) < 4.78 is 47.2. The van der Waals surface area contributed by atoms with E-state index in [1.807, 2.05) is 0 Å². The highest BCUT2D eigenvalue weighted by molar-refractivity contribution is 6.34. The van der Waals surface area contributed by atoms with Crippen LogP contribution >= 0.6 is 23.2 Å². The Morgan fingerprint density at radius 2 is 1.84 bits per heavy atom. The van der Waals surface area contributed by atoms with Gasteiger partial charge in [-0.15, -0.1) is 0 Å². The Morgan fingerprint density at radius 3 is 2.42 bits per heavy atom. The Balaban J connectivity index is 1.75. The van der Waals surface area contributed by atoms with Crippen LogP contribution in [0.3, 0.4) is 0 Å². The van der Waals surface area contributed by atoms with Crippen LogP contribution in [0.2, 0.25) is 10.0 Å². The number of benzene rings is 2. The smallest absolute Gasteiger partial charge is 0.374 e. The Bertz CT molecular complexity index is 961. The summed E-state index contributed by atoms with van der Waals surface area (Å²) in [5.74, 6) is -0.255. The van der Waals surface area contributed by atoms with Crippen LogP contribution in [0.1, 0.15) is 30.0 Å². The summed E-state index contributed by atoms with van der Waals surface area (Å²) in [6.45, 7) is 2.46. The summed E-state index contributed by atoms with van der Waals surface area (Å²) in [4.78, 5) is 16.6. The number of ether oxygens (including phenoxy) is 1. The van der Waals surface area contributed by atoms with Gasteiger partial charge in [0.05, 0.1) is 5.71 Å². The van der Waals surface area contributed by atoms with Gasteiger partial charge in [0.2, 0.25) is 5.91 Å². The zero-order valence-corrected chi connectivity index (χ0v) is 17.9. The molecule has 5 nitrogen and oxygen atoms in total. The molecule has 1 heterocycles. The molecule has 1 amide bonds. The molecular weight excluding hydrogens is 456 g/mol. The lowest BCUT2D eigenvalue weighted by Crippen LogP contribution is -2.42. The van der Waals surface area contributed by atoms with E-state index in [4.69, 9.17) is 32.8 Å². The van der Waals surface area contributed by atoms with Crippen molar-refractivity contribution in [2.75, 3.05) is 13.2 Å². The lowest BCUT2D eigenvalue weighted by molar-refractivity contribution is -0.275. The van der Waals surface area contributed by atoms with Crippen molar-refractivity contribution in [1.82, 2.24) is 5.32 Å². The molecule has 31 heavy (non-hydrogen) atoms. The molecule has 2 aromatic rings. The van der Waals surface area contributed by atoms with Gasteiger partial charge in [-0.1, -0.05) is 52.6 Å². The summed E-state index contributed by atoms with van der Waals surface area (Å²) >= 11 is 11.8. The monoisotopic (exact) mass is 474 g/mol. The number of rotatable bonds is 7. The zero-order chi connectivity index (χ0) is 22.6. The van der Waals surface area contributed by atoms with Gasteiger partial charge in [-0.05, 0) is 36.2 Å². The van der Waals surface area contributed by atoms with E-state index in [1.165, 1.54) is 18.2 Å². The van der Waals surface area contributed by atoms with Crippen LogP contribution in [0.15, 0.2) is 47.6 Å². The van der Waals surface area contributed by atoms with E-state index in [0.29, 0.717) is 12.2 Å². The van der Waals surface area contributed by atoms with Crippen molar-refractivity contribution in [2.24, 2.45) is 5.16 Å². The maximum absolute atomic E-state index is 14.0. The molecule has 3 rings (SSSR count). The fourth-order valence-electron chi connectivity index (χ4n) is 3.11. The number of hydrogen-bond donors (Lipinski definition) is 1. The highest BCUT2D eigenvalue weighted by atomic mass is 35.5. The van der Waals surface area contributed by atoms with Gasteiger partial charge in [-0.3, -0.25) is 4.79 Å². The van der Waals surface area contributed by atoms with Crippen molar-refractivity contribution in [3.63, 3.8) is 0 Å². The molecule has 1 aliphatic heterocycles. The third-order valence-corrected chi connectivity index (χ3v) is 5.17. The third kappa shape index (κ3) is 5.31. The predicted octanol–water partition coefficient (Wildman–Crippen LogP) is 5.23. The molecule has 0 bridgehead atoms. The Kier molecular flexibility index (Phi) is 7.13. The molecule has 2 aromatic carbocycles. The molecule has 0 aromatic heterocycles. The quantitative estimate of drug-likeness (QED) is 0.597. The number of oxime groups is 1. The van der Waals surface area contributed by atoms with E-state index >= 15 is 0 Å². The molecule has 1 unspecified atom stereocenters. The molecule has 0 radical (unpaired) electrons. The molecule has 0 aliphatic carbocycles. The van der Waals surface area contributed by atoms with Crippen LogP contribution in [0.4, 0.5) is 13.2 Å². The summed E-state index contributed by atoms with van der Waals surface area (Å²) in [6, 6.07) is 10.3.